The predicted octanol–water partition coefficient (Wildman–Crippen LogP) is -1.88. The van der Waals surface area contributed by atoms with Crippen molar-refractivity contribution in [2.24, 2.45) is 0 Å². The molecule has 1 unspecified atom stereocenters. The molecule has 0 spiro atoms. The summed E-state index contributed by atoms with van der Waals surface area (Å²) < 4.78 is 1.61. The summed E-state index contributed by atoms with van der Waals surface area (Å²) >= 11 is 1.57. The third kappa shape index (κ3) is 3.38. The molecule has 2 rings (SSSR count). The van der Waals surface area contributed by atoms with Crippen LogP contribution in [0, 0.1) is 0 Å². The molecular formula is C15H17Cl2Zr. The molecule has 0 aliphatic heterocycles. The molecule has 1 aromatic carbocycles. The Morgan fingerprint density at radius 2 is 1.78 bits per heavy atom. The second kappa shape index (κ2) is 7.68. The van der Waals surface area contributed by atoms with Crippen LogP contribution in [-0.4, -0.2) is 0 Å². The molecule has 0 aromatic heterocycles. The number of hydrogen-bond acceptors (Lipinski definition) is 0. The zero-order valence-corrected chi connectivity index (χ0v) is 14.7. The quantitative estimate of drug-likeness (QED) is 0.593. The Labute approximate surface area is 138 Å². The average Bonchev–Trinajstić information content (AvgIpc) is 2.76. The molecule has 0 radical (unpaired) electrons. The Morgan fingerprint density at radius 3 is 2.22 bits per heavy atom. The van der Waals surface area contributed by atoms with Gasteiger partial charge in [0.25, 0.3) is 0 Å². The van der Waals surface area contributed by atoms with Crippen molar-refractivity contribution in [1.29, 1.82) is 0 Å². The third-order valence-corrected chi connectivity index (χ3v) is 4.81. The SMILES string of the molecule is CCC(C)(C1=[C]([Zr+2])CC=C1)c1ccccc1.[Cl-].[Cl-]. The van der Waals surface area contributed by atoms with Crippen molar-refractivity contribution in [3.05, 3.63) is 56.9 Å². The zero-order valence-electron chi connectivity index (χ0n) is 10.7. The molecule has 0 N–H and O–H groups in total. The summed E-state index contributed by atoms with van der Waals surface area (Å²) in [5.41, 5.74) is 3.20. The van der Waals surface area contributed by atoms with Crippen LogP contribution in [0.2, 0.25) is 0 Å². The van der Waals surface area contributed by atoms with E-state index in [2.05, 4.69) is 56.3 Å². The zero-order chi connectivity index (χ0) is 11.6. The standard InChI is InChI=1S/C15H17.2ClH.Zr/c1-3-15(2,14-11-7-8-12-14)13-9-5-4-6-10-13;;;/h4-7,9-11H,3,8H2,1-2H3;2*1H;/q;;;+2/p-2. The molecular weight excluding hydrogens is 342 g/mol. The maximum absolute atomic E-state index is 2.37. The fraction of sp³-hybridized carbons (Fsp3) is 0.333. The Hall–Kier alpha value is 0.163. The Balaban J connectivity index is 0.00000144. The minimum atomic E-state index is 0. The van der Waals surface area contributed by atoms with Crippen molar-refractivity contribution in [2.75, 3.05) is 0 Å². The molecule has 0 amide bonds. The second-order valence-electron chi connectivity index (χ2n) is 4.55. The summed E-state index contributed by atoms with van der Waals surface area (Å²) in [5.74, 6) is 0. The van der Waals surface area contributed by atoms with E-state index in [0.29, 0.717) is 0 Å². The molecule has 1 aliphatic carbocycles. The van der Waals surface area contributed by atoms with E-state index in [9.17, 15) is 0 Å². The van der Waals surface area contributed by atoms with E-state index in [1.807, 2.05) is 0 Å². The summed E-state index contributed by atoms with van der Waals surface area (Å²) in [4.78, 5) is 0. The van der Waals surface area contributed by atoms with Crippen LogP contribution in [0.3, 0.4) is 0 Å². The molecule has 0 nitrogen and oxygen atoms in total. The first kappa shape index (κ1) is 18.2. The fourth-order valence-corrected chi connectivity index (χ4v) is 3.55. The topological polar surface area (TPSA) is 0 Å². The van der Waals surface area contributed by atoms with Crippen LogP contribution in [0.4, 0.5) is 0 Å². The normalized spacial score (nSPS) is 16.9. The van der Waals surface area contributed by atoms with Crippen LogP contribution in [0.15, 0.2) is 51.3 Å². The van der Waals surface area contributed by atoms with Gasteiger partial charge in [-0.2, -0.15) is 0 Å². The van der Waals surface area contributed by atoms with Crippen molar-refractivity contribution in [3.8, 4) is 0 Å². The third-order valence-electron chi connectivity index (χ3n) is 3.64. The minimum absolute atomic E-state index is 0. The first-order valence-corrected chi connectivity index (χ1v) is 7.08. The molecule has 1 atom stereocenters. The maximum Gasteiger partial charge on any atom is -1.00 e. The van der Waals surface area contributed by atoms with Gasteiger partial charge >= 0.3 is 114 Å². The van der Waals surface area contributed by atoms with E-state index >= 15 is 0 Å². The van der Waals surface area contributed by atoms with Gasteiger partial charge in [-0.15, -0.1) is 0 Å². The number of benzene rings is 1. The van der Waals surface area contributed by atoms with Crippen LogP contribution < -0.4 is 24.8 Å². The van der Waals surface area contributed by atoms with E-state index < -0.39 is 0 Å². The van der Waals surface area contributed by atoms with Crippen molar-refractivity contribution in [2.45, 2.75) is 32.1 Å². The summed E-state index contributed by atoms with van der Waals surface area (Å²) in [6.07, 6.45) is 6.96. The van der Waals surface area contributed by atoms with E-state index in [1.54, 1.807) is 33.6 Å². The van der Waals surface area contributed by atoms with E-state index in [0.717, 1.165) is 12.8 Å². The Morgan fingerprint density at radius 1 is 1.17 bits per heavy atom. The first-order valence-electron chi connectivity index (χ1n) is 5.86. The van der Waals surface area contributed by atoms with Crippen molar-refractivity contribution >= 4 is 0 Å². The molecule has 1 aromatic rings. The van der Waals surface area contributed by atoms with Gasteiger partial charge in [0.1, 0.15) is 0 Å². The first-order chi connectivity index (χ1) is 7.68. The minimum Gasteiger partial charge on any atom is -1.00 e. The molecule has 0 bridgehead atoms. The largest absolute Gasteiger partial charge is 1.00 e. The predicted molar refractivity (Wildman–Crippen MR) is 64.9 cm³/mol. The van der Waals surface area contributed by atoms with Crippen molar-refractivity contribution < 1.29 is 49.5 Å². The van der Waals surface area contributed by atoms with Gasteiger partial charge < -0.3 is 24.8 Å². The summed E-state index contributed by atoms with van der Waals surface area (Å²) in [6, 6.07) is 10.9. The number of rotatable bonds is 3. The fourth-order valence-electron chi connectivity index (χ4n) is 2.38. The molecule has 1 aliphatic rings. The molecule has 0 saturated heterocycles. The number of hydrogen-bond donors (Lipinski definition) is 0. The smallest absolute Gasteiger partial charge is 1.00 e. The van der Waals surface area contributed by atoms with Gasteiger partial charge in [0.2, 0.25) is 0 Å². The second-order valence-corrected chi connectivity index (χ2v) is 6.03. The molecule has 0 saturated carbocycles. The van der Waals surface area contributed by atoms with Crippen LogP contribution in [0.1, 0.15) is 32.3 Å². The Bertz CT molecular complexity index is 437. The monoisotopic (exact) mass is 357 g/mol. The van der Waals surface area contributed by atoms with Gasteiger partial charge in [0.05, 0.1) is 0 Å². The van der Waals surface area contributed by atoms with E-state index in [1.165, 1.54) is 5.56 Å². The average molecular weight is 359 g/mol. The van der Waals surface area contributed by atoms with Crippen LogP contribution in [-0.2, 0) is 30.1 Å². The van der Waals surface area contributed by atoms with Gasteiger partial charge in [0, 0.05) is 0 Å². The van der Waals surface area contributed by atoms with E-state index in [4.69, 9.17) is 0 Å². The number of halogens is 2. The summed E-state index contributed by atoms with van der Waals surface area (Å²) in [7, 11) is 0. The molecule has 0 heterocycles. The number of allylic oxidation sites excluding steroid dienone is 4. The molecule has 0 fully saturated rings. The van der Waals surface area contributed by atoms with E-state index in [-0.39, 0.29) is 30.2 Å². The van der Waals surface area contributed by atoms with Gasteiger partial charge in [-0.1, -0.05) is 0 Å². The molecule has 95 valence electrons. The Kier molecular flexibility index (Phi) is 7.75. The van der Waals surface area contributed by atoms with Crippen LogP contribution >= 0.6 is 0 Å². The maximum atomic E-state index is 2.37. The van der Waals surface area contributed by atoms with Gasteiger partial charge in [-0.05, 0) is 0 Å². The van der Waals surface area contributed by atoms with Crippen molar-refractivity contribution in [1.82, 2.24) is 0 Å². The molecule has 18 heavy (non-hydrogen) atoms. The van der Waals surface area contributed by atoms with Gasteiger partial charge in [0.15, 0.2) is 0 Å². The van der Waals surface area contributed by atoms with Crippen molar-refractivity contribution in [3.63, 3.8) is 0 Å². The van der Waals surface area contributed by atoms with Gasteiger partial charge in [-0.25, -0.2) is 0 Å². The van der Waals surface area contributed by atoms with Crippen LogP contribution in [0.5, 0.6) is 0 Å². The van der Waals surface area contributed by atoms with Gasteiger partial charge in [-0.3, -0.25) is 0 Å². The molecule has 3 heteroatoms. The summed E-state index contributed by atoms with van der Waals surface area (Å²) in [6.45, 7) is 4.66. The summed E-state index contributed by atoms with van der Waals surface area (Å²) in [5, 5.41) is 0. The van der Waals surface area contributed by atoms with Crippen LogP contribution in [0.25, 0.3) is 0 Å².